The van der Waals surface area contributed by atoms with Crippen molar-refractivity contribution >= 4 is 0 Å². The number of nitriles is 1. The van der Waals surface area contributed by atoms with Crippen molar-refractivity contribution in [2.45, 2.75) is 59.9 Å². The van der Waals surface area contributed by atoms with Gasteiger partial charge in [0.1, 0.15) is 0 Å². The molecule has 0 amide bonds. The zero-order valence-corrected chi connectivity index (χ0v) is 12.7. The maximum atomic E-state index is 9.26. The van der Waals surface area contributed by atoms with Gasteiger partial charge in [-0.3, -0.25) is 4.90 Å². The Kier molecular flexibility index (Phi) is 3.49. The van der Waals surface area contributed by atoms with Crippen molar-refractivity contribution in [3.63, 3.8) is 0 Å². The lowest BCUT2D eigenvalue weighted by atomic mass is 9.67. The third-order valence-electron chi connectivity index (χ3n) is 6.06. The normalized spacial score (nSPS) is 44.8. The molecule has 1 saturated carbocycles. The Balaban J connectivity index is 2.03. The van der Waals surface area contributed by atoms with Crippen LogP contribution in [0.2, 0.25) is 0 Å². The van der Waals surface area contributed by atoms with Gasteiger partial charge in [-0.25, -0.2) is 0 Å². The molecule has 4 atom stereocenters. The number of piperidine rings is 1. The van der Waals surface area contributed by atoms with E-state index >= 15 is 0 Å². The van der Waals surface area contributed by atoms with Gasteiger partial charge in [-0.2, -0.15) is 5.26 Å². The van der Waals surface area contributed by atoms with Crippen LogP contribution in [-0.2, 0) is 0 Å². The van der Waals surface area contributed by atoms with E-state index in [4.69, 9.17) is 0 Å². The van der Waals surface area contributed by atoms with E-state index in [1.165, 1.54) is 19.5 Å². The summed E-state index contributed by atoms with van der Waals surface area (Å²) >= 11 is 0. The molecule has 0 bridgehead atoms. The van der Waals surface area contributed by atoms with Crippen LogP contribution < -0.4 is 0 Å². The van der Waals surface area contributed by atoms with Crippen molar-refractivity contribution in [3.8, 4) is 6.07 Å². The van der Waals surface area contributed by atoms with Gasteiger partial charge in [-0.05, 0) is 43.4 Å². The molecule has 2 aliphatic rings. The Labute approximate surface area is 112 Å². The minimum Gasteiger partial charge on any atom is -0.300 e. The summed E-state index contributed by atoms with van der Waals surface area (Å²) < 4.78 is 0. The van der Waals surface area contributed by atoms with E-state index in [0.29, 0.717) is 11.5 Å². The van der Waals surface area contributed by atoms with Crippen molar-refractivity contribution in [1.29, 1.82) is 5.26 Å². The van der Waals surface area contributed by atoms with Crippen LogP contribution in [0.15, 0.2) is 0 Å². The Morgan fingerprint density at radius 2 is 1.67 bits per heavy atom. The number of likely N-dealkylation sites (tertiary alicyclic amines) is 1. The van der Waals surface area contributed by atoms with Gasteiger partial charge in [0.15, 0.2) is 0 Å². The van der Waals surface area contributed by atoms with Gasteiger partial charge in [0.25, 0.3) is 0 Å². The van der Waals surface area contributed by atoms with E-state index in [1.54, 1.807) is 0 Å². The van der Waals surface area contributed by atoms with Gasteiger partial charge < -0.3 is 0 Å². The quantitative estimate of drug-likeness (QED) is 0.707. The fraction of sp³-hybridized carbons (Fsp3) is 0.938. The second kappa shape index (κ2) is 4.53. The van der Waals surface area contributed by atoms with Crippen LogP contribution in [0.1, 0.15) is 53.9 Å². The smallest absolute Gasteiger partial charge is 0.0687 e. The zero-order chi connectivity index (χ0) is 13.6. The molecule has 2 heteroatoms. The summed E-state index contributed by atoms with van der Waals surface area (Å²) in [7, 11) is 0. The van der Waals surface area contributed by atoms with Crippen LogP contribution >= 0.6 is 0 Å². The van der Waals surface area contributed by atoms with Crippen LogP contribution in [0.5, 0.6) is 0 Å². The highest BCUT2D eigenvalue weighted by Gasteiger charge is 2.44. The molecular weight excluding hydrogens is 220 g/mol. The second-order valence-corrected chi connectivity index (χ2v) is 7.65. The van der Waals surface area contributed by atoms with Gasteiger partial charge in [0.05, 0.1) is 11.5 Å². The van der Waals surface area contributed by atoms with Gasteiger partial charge in [0, 0.05) is 19.1 Å². The van der Waals surface area contributed by atoms with E-state index in [-0.39, 0.29) is 5.41 Å². The van der Waals surface area contributed by atoms with Crippen LogP contribution in [0, 0.1) is 34.0 Å². The number of rotatable bonds is 1. The van der Waals surface area contributed by atoms with E-state index < -0.39 is 0 Å². The Bertz CT molecular complexity index is 341. The zero-order valence-electron chi connectivity index (χ0n) is 12.7. The maximum absolute atomic E-state index is 9.26. The molecule has 1 aliphatic heterocycles. The summed E-state index contributed by atoms with van der Waals surface area (Å²) in [6, 6.07) is 3.17. The number of hydrogen-bond acceptors (Lipinski definition) is 2. The van der Waals surface area contributed by atoms with Gasteiger partial charge in [-0.15, -0.1) is 0 Å². The van der Waals surface area contributed by atoms with Crippen LogP contribution in [0.3, 0.4) is 0 Å². The van der Waals surface area contributed by atoms with Crippen molar-refractivity contribution in [2.24, 2.45) is 22.7 Å². The Hall–Kier alpha value is -0.550. The second-order valence-electron chi connectivity index (χ2n) is 7.65. The Morgan fingerprint density at radius 1 is 1.11 bits per heavy atom. The molecule has 2 fully saturated rings. The van der Waals surface area contributed by atoms with Crippen molar-refractivity contribution in [2.75, 3.05) is 13.1 Å². The van der Waals surface area contributed by atoms with E-state index in [9.17, 15) is 5.26 Å². The molecule has 102 valence electrons. The molecular formula is C16H28N2. The molecule has 1 aliphatic carbocycles. The van der Waals surface area contributed by atoms with Gasteiger partial charge in [0.2, 0.25) is 0 Å². The largest absolute Gasteiger partial charge is 0.300 e. The first-order valence-corrected chi connectivity index (χ1v) is 7.44. The molecule has 1 heterocycles. The summed E-state index contributed by atoms with van der Waals surface area (Å²) in [5.74, 6) is 1.49. The minimum absolute atomic E-state index is 0.0654. The average molecular weight is 248 g/mol. The molecule has 0 aromatic carbocycles. The SMILES string of the molecule is CC1CN(C2CCC(C)(C#N)C2)CC(C)C1(C)C. The fourth-order valence-corrected chi connectivity index (χ4v) is 3.66. The lowest BCUT2D eigenvalue weighted by Gasteiger charge is -2.49. The summed E-state index contributed by atoms with van der Waals surface area (Å²) in [5, 5.41) is 9.26. The van der Waals surface area contributed by atoms with Gasteiger partial charge in [-0.1, -0.05) is 27.7 Å². The van der Waals surface area contributed by atoms with E-state index in [2.05, 4.69) is 45.6 Å². The van der Waals surface area contributed by atoms with E-state index in [1.807, 2.05) is 0 Å². The fourth-order valence-electron chi connectivity index (χ4n) is 3.66. The summed E-state index contributed by atoms with van der Waals surface area (Å²) in [6.07, 6.45) is 3.37. The first kappa shape index (κ1) is 13.9. The lowest BCUT2D eigenvalue weighted by molar-refractivity contribution is -0.00499. The highest BCUT2D eigenvalue weighted by atomic mass is 15.2. The third-order valence-corrected chi connectivity index (χ3v) is 6.06. The summed E-state index contributed by atoms with van der Waals surface area (Å²) in [5.41, 5.74) is 0.387. The maximum Gasteiger partial charge on any atom is 0.0687 e. The summed E-state index contributed by atoms with van der Waals surface area (Å²) in [4.78, 5) is 2.67. The predicted octanol–water partition coefficient (Wildman–Crippen LogP) is 3.68. The molecule has 0 N–H and O–H groups in total. The van der Waals surface area contributed by atoms with E-state index in [0.717, 1.165) is 24.7 Å². The predicted molar refractivity (Wildman–Crippen MR) is 75.0 cm³/mol. The Morgan fingerprint density at radius 3 is 2.11 bits per heavy atom. The van der Waals surface area contributed by atoms with Crippen molar-refractivity contribution in [1.82, 2.24) is 4.90 Å². The molecule has 0 radical (unpaired) electrons. The standard InChI is InChI=1S/C16H28N2/c1-12-9-18(10-13(2)15(12,3)4)14-6-7-16(5,8-14)11-17/h12-14H,6-10H2,1-5H3. The molecule has 4 unspecified atom stereocenters. The molecule has 0 aromatic rings. The lowest BCUT2D eigenvalue weighted by Crippen LogP contribution is -2.52. The van der Waals surface area contributed by atoms with Crippen LogP contribution in [0.25, 0.3) is 0 Å². The minimum atomic E-state index is -0.0654. The summed E-state index contributed by atoms with van der Waals surface area (Å²) in [6.45, 7) is 14.2. The highest BCUT2D eigenvalue weighted by Crippen LogP contribution is 2.45. The van der Waals surface area contributed by atoms with Crippen LogP contribution in [-0.4, -0.2) is 24.0 Å². The first-order chi connectivity index (χ1) is 8.28. The molecule has 2 nitrogen and oxygen atoms in total. The molecule has 18 heavy (non-hydrogen) atoms. The molecule has 0 aromatic heterocycles. The van der Waals surface area contributed by atoms with Gasteiger partial charge >= 0.3 is 0 Å². The molecule has 2 rings (SSSR count). The molecule has 0 spiro atoms. The monoisotopic (exact) mass is 248 g/mol. The average Bonchev–Trinajstić information content (AvgIpc) is 2.70. The number of nitrogens with zero attached hydrogens (tertiary/aromatic N) is 2. The topological polar surface area (TPSA) is 27.0 Å². The molecule has 1 saturated heterocycles. The number of hydrogen-bond donors (Lipinski definition) is 0. The highest BCUT2D eigenvalue weighted by molar-refractivity contribution is 5.04. The third kappa shape index (κ3) is 2.30. The van der Waals surface area contributed by atoms with Crippen molar-refractivity contribution < 1.29 is 0 Å². The van der Waals surface area contributed by atoms with Crippen molar-refractivity contribution in [3.05, 3.63) is 0 Å². The van der Waals surface area contributed by atoms with Crippen LogP contribution in [0.4, 0.5) is 0 Å². The first-order valence-electron chi connectivity index (χ1n) is 7.44.